The third-order valence-electron chi connectivity index (χ3n) is 3.75. The SMILES string of the molecule is Cc1cc(C#N)ccc1S(=O)(=O)N1CC[C@H](N)C[C@@H]1C. The first-order chi connectivity index (χ1) is 9.36. The monoisotopic (exact) mass is 293 g/mol. The highest BCUT2D eigenvalue weighted by Gasteiger charge is 2.34. The molecule has 1 fully saturated rings. The van der Waals surface area contributed by atoms with E-state index in [1.54, 1.807) is 19.1 Å². The Morgan fingerprint density at radius 1 is 1.45 bits per heavy atom. The molecular formula is C14H19N3O2S. The van der Waals surface area contributed by atoms with E-state index in [1.807, 2.05) is 13.0 Å². The van der Waals surface area contributed by atoms with E-state index < -0.39 is 10.0 Å². The van der Waals surface area contributed by atoms with Crippen LogP contribution in [0.25, 0.3) is 0 Å². The first-order valence-corrected chi connectivity index (χ1v) is 8.08. The van der Waals surface area contributed by atoms with Crippen LogP contribution in [0.2, 0.25) is 0 Å². The van der Waals surface area contributed by atoms with E-state index in [2.05, 4.69) is 0 Å². The maximum absolute atomic E-state index is 12.7. The van der Waals surface area contributed by atoms with Gasteiger partial charge in [-0.2, -0.15) is 9.57 Å². The minimum Gasteiger partial charge on any atom is -0.328 e. The first kappa shape index (κ1) is 15.0. The molecule has 1 aromatic carbocycles. The summed E-state index contributed by atoms with van der Waals surface area (Å²) < 4.78 is 27.0. The molecule has 6 heteroatoms. The maximum Gasteiger partial charge on any atom is 0.243 e. The van der Waals surface area contributed by atoms with Gasteiger partial charge in [-0.25, -0.2) is 8.42 Å². The van der Waals surface area contributed by atoms with Crippen LogP contribution in [0.3, 0.4) is 0 Å². The summed E-state index contributed by atoms with van der Waals surface area (Å²) in [5.41, 5.74) is 6.95. The Labute approximate surface area is 120 Å². The van der Waals surface area contributed by atoms with Gasteiger partial charge in [-0.05, 0) is 50.5 Å². The van der Waals surface area contributed by atoms with E-state index in [9.17, 15) is 8.42 Å². The van der Waals surface area contributed by atoms with Crippen LogP contribution in [0.4, 0.5) is 0 Å². The Morgan fingerprint density at radius 2 is 2.15 bits per heavy atom. The zero-order valence-corrected chi connectivity index (χ0v) is 12.5. The van der Waals surface area contributed by atoms with Gasteiger partial charge in [-0.15, -0.1) is 0 Å². The normalized spacial score (nSPS) is 24.3. The molecule has 20 heavy (non-hydrogen) atoms. The lowest BCUT2D eigenvalue weighted by molar-refractivity contribution is 0.247. The second kappa shape index (κ2) is 5.52. The van der Waals surface area contributed by atoms with Crippen LogP contribution in [0.1, 0.15) is 30.9 Å². The molecule has 0 unspecified atom stereocenters. The van der Waals surface area contributed by atoms with Crippen LogP contribution in [-0.4, -0.2) is 31.4 Å². The molecule has 0 spiro atoms. The van der Waals surface area contributed by atoms with Crippen LogP contribution in [-0.2, 0) is 10.0 Å². The number of nitrogens with two attached hydrogens (primary N) is 1. The van der Waals surface area contributed by atoms with Crippen molar-refractivity contribution in [2.45, 2.75) is 43.7 Å². The molecule has 1 aromatic rings. The van der Waals surface area contributed by atoms with Gasteiger partial charge >= 0.3 is 0 Å². The largest absolute Gasteiger partial charge is 0.328 e. The van der Waals surface area contributed by atoms with Crippen LogP contribution in [0.15, 0.2) is 23.1 Å². The van der Waals surface area contributed by atoms with Crippen molar-refractivity contribution in [3.05, 3.63) is 29.3 Å². The molecule has 0 saturated carbocycles. The maximum atomic E-state index is 12.7. The molecule has 2 rings (SSSR count). The summed E-state index contributed by atoms with van der Waals surface area (Å²) in [6.45, 7) is 4.05. The van der Waals surface area contributed by atoms with Crippen LogP contribution in [0.5, 0.6) is 0 Å². The van der Waals surface area contributed by atoms with Crippen LogP contribution in [0, 0.1) is 18.3 Å². The number of nitrogens with zero attached hydrogens (tertiary/aromatic N) is 2. The molecule has 108 valence electrons. The number of nitriles is 1. The number of hydrogen-bond donors (Lipinski definition) is 1. The average Bonchev–Trinajstić information content (AvgIpc) is 2.37. The van der Waals surface area contributed by atoms with Crippen LogP contribution >= 0.6 is 0 Å². The minimum absolute atomic E-state index is 0.0681. The minimum atomic E-state index is -3.52. The Bertz CT molecular complexity index is 649. The third-order valence-corrected chi connectivity index (χ3v) is 5.92. The second-order valence-electron chi connectivity index (χ2n) is 5.34. The topological polar surface area (TPSA) is 87.2 Å². The number of rotatable bonds is 2. The first-order valence-electron chi connectivity index (χ1n) is 6.64. The molecule has 0 radical (unpaired) electrons. The molecule has 0 aliphatic carbocycles. The van der Waals surface area contributed by atoms with Gasteiger partial charge in [-0.3, -0.25) is 0 Å². The van der Waals surface area contributed by atoms with Gasteiger partial charge in [0.1, 0.15) is 0 Å². The zero-order chi connectivity index (χ0) is 14.9. The molecule has 5 nitrogen and oxygen atoms in total. The van der Waals surface area contributed by atoms with Crippen molar-refractivity contribution in [1.29, 1.82) is 5.26 Å². The van der Waals surface area contributed by atoms with E-state index >= 15 is 0 Å². The number of sulfonamides is 1. The fourth-order valence-corrected chi connectivity index (χ4v) is 4.54. The molecule has 0 aromatic heterocycles. The van der Waals surface area contributed by atoms with E-state index in [-0.39, 0.29) is 17.0 Å². The standard InChI is InChI=1S/C14H19N3O2S/c1-10-7-12(9-15)3-4-14(10)20(18,19)17-6-5-13(16)8-11(17)2/h3-4,7,11,13H,5-6,8,16H2,1-2H3/t11-,13-/m0/s1. The third kappa shape index (κ3) is 2.70. The van der Waals surface area contributed by atoms with Gasteiger partial charge in [0, 0.05) is 18.6 Å². The fraction of sp³-hybridized carbons (Fsp3) is 0.500. The fourth-order valence-electron chi connectivity index (χ4n) is 2.68. The highest BCUT2D eigenvalue weighted by Crippen LogP contribution is 2.27. The molecule has 0 amide bonds. The van der Waals surface area contributed by atoms with Gasteiger partial charge < -0.3 is 5.73 Å². The molecule has 1 aliphatic heterocycles. The smallest absolute Gasteiger partial charge is 0.243 e. The molecule has 2 atom stereocenters. The lowest BCUT2D eigenvalue weighted by atomic mass is 10.0. The van der Waals surface area contributed by atoms with Crippen molar-refractivity contribution >= 4 is 10.0 Å². The van der Waals surface area contributed by atoms with Gasteiger partial charge in [0.2, 0.25) is 10.0 Å². The van der Waals surface area contributed by atoms with Crippen molar-refractivity contribution in [2.75, 3.05) is 6.54 Å². The second-order valence-corrected chi connectivity index (χ2v) is 7.20. The predicted octanol–water partition coefficient (Wildman–Crippen LogP) is 1.37. The quantitative estimate of drug-likeness (QED) is 0.892. The summed E-state index contributed by atoms with van der Waals surface area (Å²) in [6.07, 6.45) is 1.35. The Balaban J connectivity index is 2.38. The molecule has 0 bridgehead atoms. The summed E-state index contributed by atoms with van der Waals surface area (Å²) in [5, 5.41) is 8.85. The van der Waals surface area contributed by atoms with Crippen molar-refractivity contribution in [2.24, 2.45) is 5.73 Å². The van der Waals surface area contributed by atoms with E-state index in [1.165, 1.54) is 10.4 Å². The number of benzene rings is 1. The van der Waals surface area contributed by atoms with Crippen molar-refractivity contribution in [1.82, 2.24) is 4.31 Å². The number of aryl methyl sites for hydroxylation is 1. The van der Waals surface area contributed by atoms with Crippen LogP contribution < -0.4 is 5.73 Å². The van der Waals surface area contributed by atoms with E-state index in [0.717, 1.165) is 0 Å². The predicted molar refractivity (Wildman–Crippen MR) is 76.5 cm³/mol. The zero-order valence-electron chi connectivity index (χ0n) is 11.7. The Hall–Kier alpha value is -1.42. The summed E-state index contributed by atoms with van der Waals surface area (Å²) >= 11 is 0. The molecule has 2 N–H and O–H groups in total. The molecule has 1 heterocycles. The van der Waals surface area contributed by atoms with Gasteiger partial charge in [0.25, 0.3) is 0 Å². The van der Waals surface area contributed by atoms with Crippen molar-refractivity contribution in [3.8, 4) is 6.07 Å². The lowest BCUT2D eigenvalue weighted by Gasteiger charge is -2.35. The number of hydrogen-bond acceptors (Lipinski definition) is 4. The highest BCUT2D eigenvalue weighted by molar-refractivity contribution is 7.89. The number of piperidine rings is 1. The van der Waals surface area contributed by atoms with Gasteiger partial charge in [0.05, 0.1) is 16.5 Å². The molecule has 1 aliphatic rings. The van der Waals surface area contributed by atoms with Gasteiger partial charge in [-0.1, -0.05) is 0 Å². The lowest BCUT2D eigenvalue weighted by Crippen LogP contribution is -2.48. The summed E-state index contributed by atoms with van der Waals surface area (Å²) in [7, 11) is -3.52. The van der Waals surface area contributed by atoms with Crippen molar-refractivity contribution in [3.63, 3.8) is 0 Å². The average molecular weight is 293 g/mol. The Morgan fingerprint density at radius 3 is 2.70 bits per heavy atom. The summed E-state index contributed by atoms with van der Waals surface area (Å²) in [5.74, 6) is 0. The highest BCUT2D eigenvalue weighted by atomic mass is 32.2. The van der Waals surface area contributed by atoms with Gasteiger partial charge in [0.15, 0.2) is 0 Å². The molecular weight excluding hydrogens is 274 g/mol. The summed E-state index contributed by atoms with van der Waals surface area (Å²) in [4.78, 5) is 0.277. The summed E-state index contributed by atoms with van der Waals surface area (Å²) in [6, 6.07) is 6.65. The van der Waals surface area contributed by atoms with E-state index in [0.29, 0.717) is 30.5 Å². The van der Waals surface area contributed by atoms with Crippen molar-refractivity contribution < 1.29 is 8.42 Å². The van der Waals surface area contributed by atoms with E-state index in [4.69, 9.17) is 11.0 Å². The molecule has 1 saturated heterocycles. The Kier molecular flexibility index (Phi) is 4.14.